The van der Waals surface area contributed by atoms with Crippen molar-refractivity contribution in [3.05, 3.63) is 30.3 Å². The largest absolute Gasteiger partial charge is 0.494 e. The zero-order valence-corrected chi connectivity index (χ0v) is 12.6. The van der Waals surface area contributed by atoms with E-state index in [9.17, 15) is 0 Å². The van der Waals surface area contributed by atoms with Crippen molar-refractivity contribution in [1.82, 2.24) is 5.43 Å². The molecule has 4 nitrogen and oxygen atoms in total. The van der Waals surface area contributed by atoms with Gasteiger partial charge in [-0.3, -0.25) is 11.3 Å². The van der Waals surface area contributed by atoms with E-state index in [2.05, 4.69) is 5.43 Å². The fourth-order valence-corrected chi connectivity index (χ4v) is 3.60. The van der Waals surface area contributed by atoms with Gasteiger partial charge in [0.15, 0.2) is 0 Å². The third kappa shape index (κ3) is 3.57. The molecular weight excluding hydrogens is 264 g/mol. The lowest BCUT2D eigenvalue weighted by Gasteiger charge is -2.48. The SMILES string of the molecule is NNC(CCOc1ccccc1)C1CCOC2(CCC2)C1. The molecule has 2 atom stereocenters. The summed E-state index contributed by atoms with van der Waals surface area (Å²) in [5.41, 5.74) is 3.19. The second-order valence-corrected chi connectivity index (χ2v) is 6.36. The van der Waals surface area contributed by atoms with Gasteiger partial charge in [0, 0.05) is 12.6 Å². The third-order valence-electron chi connectivity index (χ3n) is 5.02. The minimum atomic E-state index is 0.179. The van der Waals surface area contributed by atoms with Crippen LogP contribution in [-0.4, -0.2) is 24.9 Å². The van der Waals surface area contributed by atoms with Gasteiger partial charge in [-0.25, -0.2) is 0 Å². The lowest BCUT2D eigenvalue weighted by atomic mass is 9.70. The Labute approximate surface area is 127 Å². The lowest BCUT2D eigenvalue weighted by Crippen LogP contribution is -2.51. The van der Waals surface area contributed by atoms with Crippen molar-refractivity contribution >= 4 is 0 Å². The van der Waals surface area contributed by atoms with E-state index in [4.69, 9.17) is 15.3 Å². The van der Waals surface area contributed by atoms with Gasteiger partial charge >= 0.3 is 0 Å². The molecule has 3 rings (SSSR count). The van der Waals surface area contributed by atoms with Gasteiger partial charge in [-0.05, 0) is 56.6 Å². The van der Waals surface area contributed by atoms with Crippen LogP contribution in [0.25, 0.3) is 0 Å². The molecular formula is C17H26N2O2. The first kappa shape index (κ1) is 14.8. The summed E-state index contributed by atoms with van der Waals surface area (Å²) < 4.78 is 11.8. The van der Waals surface area contributed by atoms with Gasteiger partial charge < -0.3 is 9.47 Å². The summed E-state index contributed by atoms with van der Waals surface area (Å²) in [4.78, 5) is 0. The van der Waals surface area contributed by atoms with Crippen molar-refractivity contribution in [2.24, 2.45) is 11.8 Å². The molecule has 4 heteroatoms. The van der Waals surface area contributed by atoms with Crippen LogP contribution in [-0.2, 0) is 4.74 Å². The summed E-state index contributed by atoms with van der Waals surface area (Å²) in [6.07, 6.45) is 6.94. The van der Waals surface area contributed by atoms with Crippen LogP contribution in [0.2, 0.25) is 0 Å². The van der Waals surface area contributed by atoms with Crippen LogP contribution >= 0.6 is 0 Å². The average Bonchev–Trinajstić information content (AvgIpc) is 2.51. The van der Waals surface area contributed by atoms with E-state index in [-0.39, 0.29) is 5.60 Å². The maximum Gasteiger partial charge on any atom is 0.119 e. The van der Waals surface area contributed by atoms with Crippen LogP contribution in [0.15, 0.2) is 30.3 Å². The highest BCUT2D eigenvalue weighted by atomic mass is 16.5. The third-order valence-corrected chi connectivity index (χ3v) is 5.02. The van der Waals surface area contributed by atoms with Gasteiger partial charge in [-0.15, -0.1) is 0 Å². The molecule has 2 fully saturated rings. The maximum atomic E-state index is 6.00. The van der Waals surface area contributed by atoms with Gasteiger partial charge in [0.05, 0.1) is 12.2 Å². The lowest BCUT2D eigenvalue weighted by molar-refractivity contribution is -0.147. The molecule has 2 unspecified atom stereocenters. The smallest absolute Gasteiger partial charge is 0.119 e. The molecule has 3 N–H and O–H groups in total. The molecule has 2 aliphatic rings. The predicted octanol–water partition coefficient (Wildman–Crippen LogP) is 2.64. The van der Waals surface area contributed by atoms with Crippen molar-refractivity contribution in [3.63, 3.8) is 0 Å². The molecule has 1 saturated carbocycles. The zero-order chi connectivity index (χ0) is 14.5. The van der Waals surface area contributed by atoms with Gasteiger partial charge in [0.2, 0.25) is 0 Å². The molecule has 0 amide bonds. The van der Waals surface area contributed by atoms with Crippen LogP contribution < -0.4 is 16.0 Å². The number of hydrazine groups is 1. The predicted molar refractivity (Wildman–Crippen MR) is 82.9 cm³/mol. The van der Waals surface area contributed by atoms with Crippen LogP contribution in [0.4, 0.5) is 0 Å². The zero-order valence-electron chi connectivity index (χ0n) is 12.6. The molecule has 21 heavy (non-hydrogen) atoms. The van der Waals surface area contributed by atoms with Crippen molar-refractivity contribution < 1.29 is 9.47 Å². The Hall–Kier alpha value is -1.10. The van der Waals surface area contributed by atoms with Crippen LogP contribution in [0.1, 0.15) is 38.5 Å². The standard InChI is InChI=1S/C17H26N2O2/c18-19-16(8-11-20-15-5-2-1-3-6-15)14-7-12-21-17(13-14)9-4-10-17/h1-3,5-6,14,16,19H,4,7-13,18H2. The molecule has 0 bridgehead atoms. The van der Waals surface area contributed by atoms with Crippen LogP contribution in [0, 0.1) is 5.92 Å². The first-order valence-corrected chi connectivity index (χ1v) is 8.09. The highest BCUT2D eigenvalue weighted by molar-refractivity contribution is 5.20. The number of rotatable bonds is 6. The van der Waals surface area contributed by atoms with Crippen LogP contribution in [0.3, 0.4) is 0 Å². The summed E-state index contributed by atoms with van der Waals surface area (Å²) in [7, 11) is 0. The highest BCUT2D eigenvalue weighted by Gasteiger charge is 2.44. The van der Waals surface area contributed by atoms with E-state index >= 15 is 0 Å². The number of ether oxygens (including phenoxy) is 2. The van der Waals surface area contributed by atoms with Crippen molar-refractivity contribution in [2.75, 3.05) is 13.2 Å². The quantitative estimate of drug-likeness (QED) is 0.624. The van der Waals surface area contributed by atoms with Crippen LogP contribution in [0.5, 0.6) is 5.75 Å². The number of benzene rings is 1. The molecule has 1 saturated heterocycles. The molecule has 0 radical (unpaired) electrons. The topological polar surface area (TPSA) is 56.5 Å². The van der Waals surface area contributed by atoms with Crippen molar-refractivity contribution in [3.8, 4) is 5.75 Å². The molecule has 116 valence electrons. The maximum absolute atomic E-state index is 6.00. The normalized spacial score (nSPS) is 25.3. The Morgan fingerprint density at radius 2 is 2.14 bits per heavy atom. The summed E-state index contributed by atoms with van der Waals surface area (Å²) >= 11 is 0. The summed E-state index contributed by atoms with van der Waals surface area (Å²) in [6.45, 7) is 1.58. The second-order valence-electron chi connectivity index (χ2n) is 6.36. The Morgan fingerprint density at radius 1 is 1.33 bits per heavy atom. The Morgan fingerprint density at radius 3 is 2.81 bits per heavy atom. The molecule has 1 heterocycles. The second kappa shape index (κ2) is 6.77. The first-order valence-electron chi connectivity index (χ1n) is 8.09. The van der Waals surface area contributed by atoms with Crippen molar-refractivity contribution in [2.45, 2.75) is 50.2 Å². The van der Waals surface area contributed by atoms with E-state index in [1.54, 1.807) is 0 Å². The minimum Gasteiger partial charge on any atom is -0.494 e. The fourth-order valence-electron chi connectivity index (χ4n) is 3.60. The van der Waals surface area contributed by atoms with Crippen molar-refractivity contribution in [1.29, 1.82) is 0 Å². The first-order chi connectivity index (χ1) is 10.3. The Bertz CT molecular complexity index is 434. The van der Waals surface area contributed by atoms with E-state index in [1.165, 1.54) is 19.3 Å². The number of para-hydroxylation sites is 1. The van der Waals surface area contributed by atoms with E-state index in [0.29, 0.717) is 18.6 Å². The minimum absolute atomic E-state index is 0.179. The summed E-state index contributed by atoms with van der Waals surface area (Å²) in [5.74, 6) is 7.31. The molecule has 1 aliphatic heterocycles. The number of nitrogens with two attached hydrogens (primary N) is 1. The van der Waals surface area contributed by atoms with Gasteiger partial charge in [0.25, 0.3) is 0 Å². The number of nitrogens with one attached hydrogen (secondary N) is 1. The van der Waals surface area contributed by atoms with E-state index in [1.807, 2.05) is 30.3 Å². The average molecular weight is 290 g/mol. The highest BCUT2D eigenvalue weighted by Crippen LogP contribution is 2.45. The number of hydrogen-bond acceptors (Lipinski definition) is 4. The number of hydrogen-bond donors (Lipinski definition) is 2. The summed E-state index contributed by atoms with van der Waals surface area (Å²) in [6, 6.07) is 10.3. The van der Waals surface area contributed by atoms with E-state index < -0.39 is 0 Å². The molecule has 1 aromatic carbocycles. The van der Waals surface area contributed by atoms with Gasteiger partial charge in [-0.1, -0.05) is 18.2 Å². The summed E-state index contributed by atoms with van der Waals surface area (Å²) in [5, 5.41) is 0. The van der Waals surface area contributed by atoms with Gasteiger partial charge in [0.1, 0.15) is 5.75 Å². The van der Waals surface area contributed by atoms with E-state index in [0.717, 1.165) is 31.6 Å². The Kier molecular flexibility index (Phi) is 4.78. The molecule has 1 aliphatic carbocycles. The Balaban J connectivity index is 1.48. The monoisotopic (exact) mass is 290 g/mol. The molecule has 1 aromatic rings. The molecule has 1 spiro atoms. The fraction of sp³-hybridized carbons (Fsp3) is 0.647. The van der Waals surface area contributed by atoms with Gasteiger partial charge in [-0.2, -0.15) is 0 Å². The molecule has 0 aromatic heterocycles.